The van der Waals surface area contributed by atoms with Gasteiger partial charge in [-0.3, -0.25) is 4.99 Å². The Kier molecular flexibility index (Phi) is 7.02. The van der Waals surface area contributed by atoms with E-state index in [1.54, 1.807) is 18.3 Å². The van der Waals surface area contributed by atoms with E-state index in [4.69, 9.17) is 5.73 Å². The Morgan fingerprint density at radius 3 is 2.76 bits per heavy atom. The maximum Gasteiger partial charge on any atom is 0.124 e. The molecule has 0 heterocycles. The molecule has 0 radical (unpaired) electrons. The first kappa shape index (κ1) is 13.7. The summed E-state index contributed by atoms with van der Waals surface area (Å²) >= 11 is 0. The van der Waals surface area contributed by atoms with Crippen LogP contribution < -0.4 is 11.1 Å². The lowest BCUT2D eigenvalue weighted by atomic mass is 10.2. The second kappa shape index (κ2) is 8.73. The fourth-order valence-electron chi connectivity index (χ4n) is 1.41. The molecule has 1 aromatic carbocycles. The maximum absolute atomic E-state index is 9.49. The number of hydrogen-bond acceptors (Lipinski definition) is 4. The van der Waals surface area contributed by atoms with Crippen molar-refractivity contribution in [1.82, 2.24) is 5.32 Å². The Balaban J connectivity index is 2.12. The van der Waals surface area contributed by atoms with Crippen LogP contribution in [0.2, 0.25) is 0 Å². The number of aliphatic imine (C=N–C) groups is 1. The van der Waals surface area contributed by atoms with Gasteiger partial charge in [0.15, 0.2) is 0 Å². The SMILES string of the molecule is NCCCNCCCN=Cc1ccccc1O. The molecule has 0 bridgehead atoms. The molecule has 0 unspecified atom stereocenters. The zero-order chi connectivity index (χ0) is 12.3. The molecule has 0 aliphatic rings. The highest BCUT2D eigenvalue weighted by molar-refractivity contribution is 5.83. The Labute approximate surface area is 103 Å². The first-order chi connectivity index (χ1) is 8.34. The Morgan fingerprint density at radius 2 is 2.00 bits per heavy atom. The van der Waals surface area contributed by atoms with Gasteiger partial charge < -0.3 is 16.2 Å². The third-order valence-corrected chi connectivity index (χ3v) is 2.37. The van der Waals surface area contributed by atoms with Gasteiger partial charge in [-0.25, -0.2) is 0 Å². The highest BCUT2D eigenvalue weighted by Gasteiger charge is 1.93. The summed E-state index contributed by atoms with van der Waals surface area (Å²) in [4.78, 5) is 4.27. The van der Waals surface area contributed by atoms with Gasteiger partial charge in [0.1, 0.15) is 5.75 Å². The number of nitrogens with one attached hydrogen (secondary N) is 1. The summed E-state index contributed by atoms with van der Waals surface area (Å²) in [7, 11) is 0. The van der Waals surface area contributed by atoms with Crippen LogP contribution in [0.4, 0.5) is 0 Å². The third kappa shape index (κ3) is 6.04. The van der Waals surface area contributed by atoms with Crippen LogP contribution in [0.25, 0.3) is 0 Å². The number of nitrogens with two attached hydrogens (primary N) is 1. The number of hydrogen-bond donors (Lipinski definition) is 3. The second-order valence-electron chi connectivity index (χ2n) is 3.84. The van der Waals surface area contributed by atoms with Crippen LogP contribution in [-0.2, 0) is 0 Å². The van der Waals surface area contributed by atoms with Crippen molar-refractivity contribution < 1.29 is 5.11 Å². The molecule has 4 heteroatoms. The number of rotatable bonds is 8. The summed E-state index contributed by atoms with van der Waals surface area (Å²) < 4.78 is 0. The summed E-state index contributed by atoms with van der Waals surface area (Å²) in [6.07, 6.45) is 3.73. The standard InChI is InChI=1S/C13H21N3O/c14-7-3-8-15-9-4-10-16-11-12-5-1-2-6-13(12)17/h1-2,5-6,11,15,17H,3-4,7-10,14H2. The maximum atomic E-state index is 9.49. The molecule has 0 aliphatic heterocycles. The van der Waals surface area contributed by atoms with Gasteiger partial charge in [0.25, 0.3) is 0 Å². The fraction of sp³-hybridized carbons (Fsp3) is 0.462. The van der Waals surface area contributed by atoms with Crippen molar-refractivity contribution in [3.63, 3.8) is 0 Å². The number of phenolic OH excluding ortho intramolecular Hbond substituents is 1. The first-order valence-electron chi connectivity index (χ1n) is 6.03. The van der Waals surface area contributed by atoms with E-state index in [0.717, 1.165) is 44.6 Å². The molecule has 0 spiro atoms. The summed E-state index contributed by atoms with van der Waals surface area (Å²) in [5, 5.41) is 12.8. The quantitative estimate of drug-likeness (QED) is 0.467. The van der Waals surface area contributed by atoms with E-state index in [-0.39, 0.29) is 5.75 Å². The molecule has 0 aliphatic carbocycles. The minimum absolute atomic E-state index is 0.275. The van der Waals surface area contributed by atoms with Gasteiger partial charge in [-0.15, -0.1) is 0 Å². The third-order valence-electron chi connectivity index (χ3n) is 2.37. The van der Waals surface area contributed by atoms with Crippen LogP contribution in [0.5, 0.6) is 5.75 Å². The van der Waals surface area contributed by atoms with Gasteiger partial charge in [-0.1, -0.05) is 12.1 Å². The Hall–Kier alpha value is -1.39. The number of para-hydroxylation sites is 1. The molecule has 1 aromatic rings. The molecule has 0 saturated heterocycles. The van der Waals surface area contributed by atoms with E-state index >= 15 is 0 Å². The fourth-order valence-corrected chi connectivity index (χ4v) is 1.41. The van der Waals surface area contributed by atoms with E-state index in [9.17, 15) is 5.11 Å². The van der Waals surface area contributed by atoms with Crippen LogP contribution >= 0.6 is 0 Å². The van der Waals surface area contributed by atoms with Crippen LogP contribution in [0.15, 0.2) is 29.3 Å². The molecule has 0 fully saturated rings. The molecule has 1 rings (SSSR count). The first-order valence-corrected chi connectivity index (χ1v) is 6.03. The largest absolute Gasteiger partial charge is 0.507 e. The predicted molar refractivity (Wildman–Crippen MR) is 71.7 cm³/mol. The Bertz CT molecular complexity index is 339. The van der Waals surface area contributed by atoms with E-state index in [1.165, 1.54) is 0 Å². The summed E-state index contributed by atoms with van der Waals surface area (Å²) in [5.74, 6) is 0.275. The number of benzene rings is 1. The summed E-state index contributed by atoms with van der Waals surface area (Å²) in [6.45, 7) is 3.43. The lowest BCUT2D eigenvalue weighted by Crippen LogP contribution is -2.19. The number of phenols is 1. The minimum atomic E-state index is 0.275. The number of nitrogens with zero attached hydrogens (tertiary/aromatic N) is 1. The number of aromatic hydroxyl groups is 1. The Morgan fingerprint density at radius 1 is 1.24 bits per heavy atom. The van der Waals surface area contributed by atoms with Crippen molar-refractivity contribution in [3.8, 4) is 5.75 Å². The summed E-state index contributed by atoms with van der Waals surface area (Å²) in [6, 6.07) is 7.19. The van der Waals surface area contributed by atoms with Crippen LogP contribution in [0.1, 0.15) is 18.4 Å². The molecular formula is C13H21N3O. The van der Waals surface area contributed by atoms with Crippen molar-refractivity contribution in [2.24, 2.45) is 10.7 Å². The van der Waals surface area contributed by atoms with E-state index in [2.05, 4.69) is 10.3 Å². The van der Waals surface area contributed by atoms with Crippen molar-refractivity contribution >= 4 is 6.21 Å². The molecular weight excluding hydrogens is 214 g/mol. The van der Waals surface area contributed by atoms with E-state index in [0.29, 0.717) is 0 Å². The molecule has 0 saturated carbocycles. The monoisotopic (exact) mass is 235 g/mol. The topological polar surface area (TPSA) is 70.6 Å². The van der Waals surface area contributed by atoms with Crippen molar-refractivity contribution in [3.05, 3.63) is 29.8 Å². The minimum Gasteiger partial charge on any atom is -0.507 e. The zero-order valence-electron chi connectivity index (χ0n) is 10.1. The van der Waals surface area contributed by atoms with Gasteiger partial charge >= 0.3 is 0 Å². The smallest absolute Gasteiger partial charge is 0.124 e. The normalized spacial score (nSPS) is 11.1. The van der Waals surface area contributed by atoms with E-state index in [1.807, 2.05) is 12.1 Å². The molecule has 17 heavy (non-hydrogen) atoms. The van der Waals surface area contributed by atoms with Gasteiger partial charge in [0.05, 0.1) is 0 Å². The van der Waals surface area contributed by atoms with Gasteiger partial charge in [-0.05, 0) is 44.6 Å². The van der Waals surface area contributed by atoms with Crippen LogP contribution in [0, 0.1) is 0 Å². The van der Waals surface area contributed by atoms with Crippen molar-refractivity contribution in [2.75, 3.05) is 26.2 Å². The van der Waals surface area contributed by atoms with E-state index < -0.39 is 0 Å². The van der Waals surface area contributed by atoms with Crippen LogP contribution in [0.3, 0.4) is 0 Å². The molecule has 4 nitrogen and oxygen atoms in total. The van der Waals surface area contributed by atoms with Crippen molar-refractivity contribution in [1.29, 1.82) is 0 Å². The lowest BCUT2D eigenvalue weighted by Gasteiger charge is -2.01. The predicted octanol–water partition coefficient (Wildman–Crippen LogP) is 1.14. The van der Waals surface area contributed by atoms with Crippen molar-refractivity contribution in [2.45, 2.75) is 12.8 Å². The molecule has 94 valence electrons. The van der Waals surface area contributed by atoms with Gasteiger partial charge in [0.2, 0.25) is 0 Å². The van der Waals surface area contributed by atoms with Gasteiger partial charge in [-0.2, -0.15) is 0 Å². The summed E-state index contributed by atoms with van der Waals surface area (Å²) in [5.41, 5.74) is 6.15. The molecule has 0 amide bonds. The average Bonchev–Trinajstić information content (AvgIpc) is 2.35. The lowest BCUT2D eigenvalue weighted by molar-refractivity contribution is 0.474. The highest BCUT2D eigenvalue weighted by Crippen LogP contribution is 2.12. The average molecular weight is 235 g/mol. The second-order valence-corrected chi connectivity index (χ2v) is 3.84. The van der Waals surface area contributed by atoms with Gasteiger partial charge in [0, 0.05) is 18.3 Å². The molecule has 0 atom stereocenters. The zero-order valence-corrected chi connectivity index (χ0v) is 10.1. The molecule has 0 aromatic heterocycles. The highest BCUT2D eigenvalue weighted by atomic mass is 16.3. The molecule has 4 N–H and O–H groups in total. The van der Waals surface area contributed by atoms with Crippen LogP contribution in [-0.4, -0.2) is 37.5 Å².